The first-order chi connectivity index (χ1) is 30.5. The van der Waals surface area contributed by atoms with Crippen LogP contribution in [0, 0.1) is 20.8 Å². The van der Waals surface area contributed by atoms with E-state index in [1.165, 1.54) is 33.8 Å². The number of anilines is 4. The van der Waals surface area contributed by atoms with E-state index in [-0.39, 0.29) is 0 Å². The van der Waals surface area contributed by atoms with E-state index in [2.05, 4.69) is 127 Å². The number of ketones is 1. The van der Waals surface area contributed by atoms with Crippen LogP contribution in [0.1, 0.15) is 118 Å². The number of hydrogen-bond donors (Lipinski definition) is 4. The van der Waals surface area contributed by atoms with Gasteiger partial charge in [-0.05, 0) is 139 Å². The highest BCUT2D eigenvalue weighted by atomic mass is 16.4. The number of aromatic carboxylic acids is 1. The fourth-order valence-electron chi connectivity index (χ4n) is 8.70. The van der Waals surface area contributed by atoms with E-state index in [1.54, 1.807) is 12.1 Å². The molecule has 0 saturated carbocycles. The molecule has 4 aromatic carbocycles. The molecule has 4 N–H and O–H groups in total. The van der Waals surface area contributed by atoms with Crippen molar-refractivity contribution in [3.05, 3.63) is 119 Å². The Hall–Kier alpha value is -4.90. The van der Waals surface area contributed by atoms with Crippen LogP contribution in [0.4, 0.5) is 22.7 Å². The fraction of sp³-hybridized carbons (Fsp3) is 0.519. The van der Waals surface area contributed by atoms with E-state index in [0.29, 0.717) is 24.2 Å². The number of piperidine rings is 4. The number of carboxylic acid groups (broad SMARTS) is 1. The fourth-order valence-corrected chi connectivity index (χ4v) is 8.70. The van der Waals surface area contributed by atoms with Gasteiger partial charge in [0.25, 0.3) is 0 Å². The number of carboxylic acids is 1. The van der Waals surface area contributed by atoms with Gasteiger partial charge in [0.05, 0.1) is 22.4 Å². The van der Waals surface area contributed by atoms with Gasteiger partial charge in [-0.15, -0.1) is 0 Å². The van der Waals surface area contributed by atoms with E-state index in [0.717, 1.165) is 116 Å². The molecule has 4 saturated heterocycles. The third kappa shape index (κ3) is 14.8. The van der Waals surface area contributed by atoms with E-state index < -0.39 is 22.8 Å². The molecule has 4 aliphatic heterocycles. The highest BCUT2D eigenvalue weighted by Gasteiger charge is 2.32. The lowest BCUT2D eigenvalue weighted by Gasteiger charge is -2.38. The normalized spacial score (nSPS) is 18.9. The number of hydrogen-bond acceptors (Lipinski definition) is 9. The smallest absolute Gasteiger partial charge is 0.335 e. The van der Waals surface area contributed by atoms with E-state index in [1.807, 2.05) is 19.1 Å². The molecule has 0 bridgehead atoms. The number of carbonyl (C=O) groups is 2. The Kier molecular flexibility index (Phi) is 18.3. The maximum atomic E-state index is 11.1. The van der Waals surface area contributed by atoms with Gasteiger partial charge in [0, 0.05) is 87.9 Å². The summed E-state index contributed by atoms with van der Waals surface area (Å²) in [6.45, 7) is 19.7. The number of rotatable bonds is 8. The molecule has 0 radical (unpaired) electrons. The number of nitrogens with zero attached hydrogens (tertiary/aromatic N) is 4. The molecule has 4 aliphatic rings. The second kappa shape index (κ2) is 23.3. The summed E-state index contributed by atoms with van der Waals surface area (Å²) in [4.78, 5) is 31.0. The minimum Gasteiger partial charge on any atom is -0.478 e. The van der Waals surface area contributed by atoms with Crippen LogP contribution >= 0.6 is 0 Å². The lowest BCUT2D eigenvalue weighted by atomic mass is 9.89. The summed E-state index contributed by atoms with van der Waals surface area (Å²) in [5.41, 5.74) is 7.66. The SMILES string of the molecule is CCC1(O)CCN(c2ccc(C(=O)O)cc2)CC1.CCC1(O)CCN(c2ccc(C)cc2)CC1.CCC1(O)CCN(c2ccc(C)cc2)CC1.Cc1ccc(N2CCC(=O)CC2)cc1. The molecule has 0 unspecified atom stereocenters. The molecule has 0 amide bonds. The summed E-state index contributed by atoms with van der Waals surface area (Å²) in [5.74, 6) is -0.506. The minimum absolute atomic E-state index is 0.306. The maximum absolute atomic E-state index is 11.1. The molecule has 4 aromatic rings. The highest BCUT2D eigenvalue weighted by Crippen LogP contribution is 2.31. The molecule has 4 heterocycles. The average molecular weight is 877 g/mol. The van der Waals surface area contributed by atoms with Crippen molar-refractivity contribution in [2.45, 2.75) is 129 Å². The molecule has 8 rings (SSSR count). The summed E-state index contributed by atoms with van der Waals surface area (Å²) >= 11 is 0. The first kappa shape index (κ1) is 50.1. The molecular formula is C54H76N4O6. The van der Waals surface area contributed by atoms with Crippen LogP contribution in [0.15, 0.2) is 97.1 Å². The van der Waals surface area contributed by atoms with E-state index in [4.69, 9.17) is 5.11 Å². The summed E-state index contributed by atoms with van der Waals surface area (Å²) in [6.07, 6.45) is 9.02. The van der Waals surface area contributed by atoms with Gasteiger partial charge in [-0.25, -0.2) is 4.79 Å². The van der Waals surface area contributed by atoms with Crippen LogP contribution in [-0.2, 0) is 4.79 Å². The van der Waals surface area contributed by atoms with Crippen LogP contribution < -0.4 is 19.6 Å². The zero-order valence-corrected chi connectivity index (χ0v) is 39.6. The quantitative estimate of drug-likeness (QED) is 0.136. The molecule has 0 aromatic heterocycles. The van der Waals surface area contributed by atoms with Crippen molar-refractivity contribution in [3.63, 3.8) is 0 Å². The topological polar surface area (TPSA) is 128 Å². The Balaban J connectivity index is 0.000000161. The summed E-state index contributed by atoms with van der Waals surface area (Å²) < 4.78 is 0. The summed E-state index contributed by atoms with van der Waals surface area (Å²) in [5, 5.41) is 39.3. The first-order valence-electron chi connectivity index (χ1n) is 23.8. The molecule has 10 nitrogen and oxygen atoms in total. The highest BCUT2D eigenvalue weighted by molar-refractivity contribution is 5.88. The van der Waals surface area contributed by atoms with Gasteiger partial charge in [-0.2, -0.15) is 0 Å². The van der Waals surface area contributed by atoms with Crippen molar-refractivity contribution in [3.8, 4) is 0 Å². The molecule has 348 valence electrons. The van der Waals surface area contributed by atoms with Gasteiger partial charge in [0.15, 0.2) is 0 Å². The monoisotopic (exact) mass is 877 g/mol. The molecule has 0 spiro atoms. The Morgan fingerprint density at radius 1 is 0.438 bits per heavy atom. The van der Waals surface area contributed by atoms with Crippen molar-refractivity contribution in [1.29, 1.82) is 0 Å². The van der Waals surface area contributed by atoms with E-state index >= 15 is 0 Å². The number of benzene rings is 4. The lowest BCUT2D eigenvalue weighted by molar-refractivity contribution is -0.119. The van der Waals surface area contributed by atoms with Crippen LogP contribution in [0.5, 0.6) is 0 Å². The van der Waals surface area contributed by atoms with Gasteiger partial charge in [0.2, 0.25) is 0 Å². The summed E-state index contributed by atoms with van der Waals surface area (Å²) in [6, 6.07) is 32.7. The second-order valence-corrected chi connectivity index (χ2v) is 18.6. The molecule has 0 atom stereocenters. The van der Waals surface area contributed by atoms with Gasteiger partial charge in [-0.3, -0.25) is 4.79 Å². The number of Topliss-reactive ketones (excluding diaryl/α,β-unsaturated/α-hetero) is 1. The molecular weight excluding hydrogens is 801 g/mol. The first-order valence-corrected chi connectivity index (χ1v) is 23.8. The third-order valence-corrected chi connectivity index (χ3v) is 14.1. The predicted molar refractivity (Wildman–Crippen MR) is 263 cm³/mol. The minimum atomic E-state index is -0.902. The van der Waals surface area contributed by atoms with Crippen molar-refractivity contribution in [2.75, 3.05) is 72.0 Å². The second-order valence-electron chi connectivity index (χ2n) is 18.6. The van der Waals surface area contributed by atoms with Crippen LogP contribution in [0.25, 0.3) is 0 Å². The zero-order chi connectivity index (χ0) is 46.3. The van der Waals surface area contributed by atoms with Gasteiger partial charge < -0.3 is 40.0 Å². The van der Waals surface area contributed by atoms with Gasteiger partial charge in [0.1, 0.15) is 5.78 Å². The Morgan fingerprint density at radius 2 is 0.672 bits per heavy atom. The van der Waals surface area contributed by atoms with Crippen molar-refractivity contribution in [1.82, 2.24) is 0 Å². The number of aryl methyl sites for hydroxylation is 3. The van der Waals surface area contributed by atoms with Gasteiger partial charge in [-0.1, -0.05) is 73.9 Å². The van der Waals surface area contributed by atoms with E-state index in [9.17, 15) is 24.9 Å². The largest absolute Gasteiger partial charge is 0.478 e. The van der Waals surface area contributed by atoms with Gasteiger partial charge >= 0.3 is 5.97 Å². The molecule has 64 heavy (non-hydrogen) atoms. The Bertz CT molecular complexity index is 1930. The summed E-state index contributed by atoms with van der Waals surface area (Å²) in [7, 11) is 0. The Morgan fingerprint density at radius 3 is 0.906 bits per heavy atom. The standard InChI is InChI=1S/C14H19NO3.2C14H21NO.C12H15NO/c1-2-14(18)7-9-15(10-8-14)12-5-3-11(4-6-12)13(16)17;2*1-3-14(16)8-10-15(11-9-14)13-6-4-12(2)5-7-13;1-10-2-4-11(5-3-10)13-8-6-12(14)7-9-13/h3-6,18H,2,7-10H2,1H3,(H,16,17);2*4-7,16H,3,8-11H2,1-2H3;2-5H,6-9H2,1H3. The Labute approximate surface area is 383 Å². The average Bonchev–Trinajstić information content (AvgIpc) is 3.32. The van der Waals surface area contributed by atoms with Crippen LogP contribution in [0.3, 0.4) is 0 Å². The maximum Gasteiger partial charge on any atom is 0.335 e. The predicted octanol–water partition coefficient (Wildman–Crippen LogP) is 9.76. The molecule has 0 aliphatic carbocycles. The van der Waals surface area contributed by atoms with Crippen molar-refractivity contribution in [2.24, 2.45) is 0 Å². The van der Waals surface area contributed by atoms with Crippen molar-refractivity contribution >= 4 is 34.5 Å². The lowest BCUT2D eigenvalue weighted by Crippen LogP contribution is -2.44. The number of aliphatic hydroxyl groups is 3. The van der Waals surface area contributed by atoms with Crippen LogP contribution in [-0.4, -0.2) is 101 Å². The zero-order valence-electron chi connectivity index (χ0n) is 39.6. The number of carbonyl (C=O) groups excluding carboxylic acids is 1. The van der Waals surface area contributed by atoms with Crippen LogP contribution in [0.2, 0.25) is 0 Å². The molecule has 4 fully saturated rings. The molecule has 10 heteroatoms. The van der Waals surface area contributed by atoms with Crippen molar-refractivity contribution < 1.29 is 30.0 Å². The third-order valence-electron chi connectivity index (χ3n) is 14.1.